The van der Waals surface area contributed by atoms with Crippen molar-refractivity contribution in [2.75, 3.05) is 6.54 Å². The second kappa shape index (κ2) is 7.09. The Bertz CT molecular complexity index is 350. The molecule has 1 aliphatic rings. The summed E-state index contributed by atoms with van der Waals surface area (Å²) in [5.41, 5.74) is -0.763. The number of nitrogens with zero attached hydrogens (tertiary/aromatic N) is 1. The highest BCUT2D eigenvalue weighted by molar-refractivity contribution is 5.99. The number of carbonyl (C=O) groups is 2. The standard InChI is InChI=1S/C16H30N2O2/c1-12(2)10-8-6-7-9-11-18-13(3)14(19)17-16(4,5)15(18)20/h12-13H,6-11H2,1-5H3,(H,17,19). The zero-order valence-electron chi connectivity index (χ0n) is 13.7. The lowest BCUT2D eigenvalue weighted by atomic mass is 9.97. The van der Waals surface area contributed by atoms with Crippen LogP contribution >= 0.6 is 0 Å². The maximum atomic E-state index is 12.3. The Kier molecular flexibility index (Phi) is 6.03. The van der Waals surface area contributed by atoms with E-state index in [1.54, 1.807) is 25.7 Å². The molecule has 20 heavy (non-hydrogen) atoms. The molecule has 1 atom stereocenters. The maximum Gasteiger partial charge on any atom is 0.248 e. The van der Waals surface area contributed by atoms with Gasteiger partial charge in [-0.1, -0.05) is 39.5 Å². The number of rotatable bonds is 7. The first kappa shape index (κ1) is 17.0. The van der Waals surface area contributed by atoms with Crippen molar-refractivity contribution in [2.24, 2.45) is 5.92 Å². The average Bonchev–Trinajstić information content (AvgIpc) is 2.34. The summed E-state index contributed by atoms with van der Waals surface area (Å²) >= 11 is 0. The Balaban J connectivity index is 2.37. The first-order valence-electron chi connectivity index (χ1n) is 7.89. The van der Waals surface area contributed by atoms with E-state index in [9.17, 15) is 9.59 Å². The van der Waals surface area contributed by atoms with Crippen LogP contribution in [-0.2, 0) is 9.59 Å². The lowest BCUT2D eigenvalue weighted by Gasteiger charge is -2.41. The third-order valence-electron chi connectivity index (χ3n) is 4.01. The van der Waals surface area contributed by atoms with Crippen LogP contribution in [0.15, 0.2) is 0 Å². The van der Waals surface area contributed by atoms with E-state index < -0.39 is 5.54 Å². The van der Waals surface area contributed by atoms with Gasteiger partial charge < -0.3 is 10.2 Å². The largest absolute Gasteiger partial charge is 0.340 e. The van der Waals surface area contributed by atoms with Crippen LogP contribution in [-0.4, -0.2) is 34.8 Å². The minimum atomic E-state index is -0.763. The maximum absolute atomic E-state index is 12.3. The molecule has 1 N–H and O–H groups in total. The molecule has 1 rings (SSSR count). The predicted molar refractivity (Wildman–Crippen MR) is 81.3 cm³/mol. The molecule has 1 fully saturated rings. The molecule has 0 aromatic carbocycles. The van der Waals surface area contributed by atoms with E-state index >= 15 is 0 Å². The van der Waals surface area contributed by atoms with Crippen molar-refractivity contribution in [3.63, 3.8) is 0 Å². The molecule has 4 nitrogen and oxygen atoms in total. The van der Waals surface area contributed by atoms with Crippen molar-refractivity contribution in [1.82, 2.24) is 10.2 Å². The van der Waals surface area contributed by atoms with Crippen LogP contribution in [0.4, 0.5) is 0 Å². The van der Waals surface area contributed by atoms with E-state index in [0.29, 0.717) is 6.54 Å². The van der Waals surface area contributed by atoms with Gasteiger partial charge >= 0.3 is 0 Å². The van der Waals surface area contributed by atoms with Crippen LogP contribution in [0.3, 0.4) is 0 Å². The third-order valence-corrected chi connectivity index (χ3v) is 4.01. The van der Waals surface area contributed by atoms with Crippen molar-refractivity contribution in [3.05, 3.63) is 0 Å². The van der Waals surface area contributed by atoms with Crippen molar-refractivity contribution >= 4 is 11.8 Å². The van der Waals surface area contributed by atoms with Gasteiger partial charge in [0, 0.05) is 6.54 Å². The number of hydrogen-bond donors (Lipinski definition) is 1. The van der Waals surface area contributed by atoms with Crippen molar-refractivity contribution in [3.8, 4) is 0 Å². The summed E-state index contributed by atoms with van der Waals surface area (Å²) in [5.74, 6) is 0.754. The number of amides is 2. The van der Waals surface area contributed by atoms with E-state index in [1.807, 2.05) is 0 Å². The van der Waals surface area contributed by atoms with Crippen LogP contribution in [0.5, 0.6) is 0 Å². The number of piperazine rings is 1. The highest BCUT2D eigenvalue weighted by Crippen LogP contribution is 2.19. The molecule has 0 spiro atoms. The zero-order valence-corrected chi connectivity index (χ0v) is 13.7. The molecule has 116 valence electrons. The highest BCUT2D eigenvalue weighted by Gasteiger charge is 2.42. The monoisotopic (exact) mass is 282 g/mol. The highest BCUT2D eigenvalue weighted by atomic mass is 16.2. The molecule has 1 unspecified atom stereocenters. The summed E-state index contributed by atoms with van der Waals surface area (Å²) in [6.45, 7) is 10.5. The number of nitrogens with one attached hydrogen (secondary N) is 1. The molecule has 1 saturated heterocycles. The van der Waals surface area contributed by atoms with Crippen LogP contribution in [0.1, 0.15) is 66.7 Å². The minimum Gasteiger partial charge on any atom is -0.340 e. The SMILES string of the molecule is CC(C)CCCCCCN1C(=O)C(C)(C)NC(=O)C1C. The molecule has 1 aliphatic heterocycles. The van der Waals surface area contributed by atoms with E-state index in [4.69, 9.17) is 0 Å². The summed E-state index contributed by atoms with van der Waals surface area (Å²) in [7, 11) is 0. The topological polar surface area (TPSA) is 49.4 Å². The molecule has 0 saturated carbocycles. The minimum absolute atomic E-state index is 0.0341. The van der Waals surface area contributed by atoms with Gasteiger partial charge in [0.05, 0.1) is 0 Å². The van der Waals surface area contributed by atoms with Crippen molar-refractivity contribution in [2.45, 2.75) is 78.3 Å². The fraction of sp³-hybridized carbons (Fsp3) is 0.875. The Morgan fingerprint density at radius 1 is 1.15 bits per heavy atom. The molecule has 4 heteroatoms. The first-order chi connectivity index (χ1) is 9.25. The molecule has 0 bridgehead atoms. The Labute approximate surface area is 123 Å². The molecule has 2 amide bonds. The molecule has 1 heterocycles. The van der Waals surface area contributed by atoms with E-state index in [-0.39, 0.29) is 17.9 Å². The second-order valence-electron chi connectivity index (χ2n) is 6.89. The Hall–Kier alpha value is -1.06. The van der Waals surface area contributed by atoms with Gasteiger partial charge in [-0.2, -0.15) is 0 Å². The third kappa shape index (κ3) is 4.50. The summed E-state index contributed by atoms with van der Waals surface area (Å²) in [6, 6.07) is -0.341. The second-order valence-corrected chi connectivity index (χ2v) is 6.89. The molecular weight excluding hydrogens is 252 g/mol. The number of hydrogen-bond acceptors (Lipinski definition) is 2. The van der Waals surface area contributed by atoms with E-state index in [2.05, 4.69) is 19.2 Å². The quantitative estimate of drug-likeness (QED) is 0.730. The van der Waals surface area contributed by atoms with Gasteiger partial charge in [0.15, 0.2) is 0 Å². The summed E-state index contributed by atoms with van der Waals surface area (Å²) in [5, 5.41) is 2.78. The van der Waals surface area contributed by atoms with Gasteiger partial charge in [-0.15, -0.1) is 0 Å². The van der Waals surface area contributed by atoms with Gasteiger partial charge in [0.25, 0.3) is 0 Å². The Morgan fingerprint density at radius 3 is 2.35 bits per heavy atom. The predicted octanol–water partition coefficient (Wildman–Crippen LogP) is 2.72. The molecule has 0 aromatic heterocycles. The van der Waals surface area contributed by atoms with Crippen molar-refractivity contribution in [1.29, 1.82) is 0 Å². The lowest BCUT2D eigenvalue weighted by Crippen LogP contribution is -2.67. The molecule has 0 aliphatic carbocycles. The normalized spacial score (nSPS) is 22.3. The van der Waals surface area contributed by atoms with Crippen LogP contribution in [0, 0.1) is 5.92 Å². The fourth-order valence-electron chi connectivity index (χ4n) is 2.63. The van der Waals surface area contributed by atoms with Crippen molar-refractivity contribution < 1.29 is 9.59 Å². The van der Waals surface area contributed by atoms with Gasteiger partial charge in [0.2, 0.25) is 11.8 Å². The fourth-order valence-corrected chi connectivity index (χ4v) is 2.63. The van der Waals surface area contributed by atoms with Gasteiger partial charge in [-0.05, 0) is 33.1 Å². The van der Waals surface area contributed by atoms with Gasteiger partial charge in [-0.3, -0.25) is 9.59 Å². The summed E-state index contributed by atoms with van der Waals surface area (Å²) < 4.78 is 0. The molecular formula is C16H30N2O2. The van der Waals surface area contributed by atoms with Crippen LogP contribution < -0.4 is 5.32 Å². The first-order valence-corrected chi connectivity index (χ1v) is 7.89. The summed E-state index contributed by atoms with van der Waals surface area (Å²) in [6.07, 6.45) is 5.86. The van der Waals surface area contributed by atoms with Crippen LogP contribution in [0.25, 0.3) is 0 Å². The van der Waals surface area contributed by atoms with Gasteiger partial charge in [-0.25, -0.2) is 0 Å². The number of unbranched alkanes of at least 4 members (excludes halogenated alkanes) is 3. The summed E-state index contributed by atoms with van der Waals surface area (Å²) in [4.78, 5) is 25.9. The Morgan fingerprint density at radius 2 is 1.75 bits per heavy atom. The average molecular weight is 282 g/mol. The molecule has 0 radical (unpaired) electrons. The lowest BCUT2D eigenvalue weighted by molar-refractivity contribution is -0.152. The smallest absolute Gasteiger partial charge is 0.248 e. The number of carbonyl (C=O) groups excluding carboxylic acids is 2. The molecule has 0 aromatic rings. The van der Waals surface area contributed by atoms with Gasteiger partial charge in [0.1, 0.15) is 11.6 Å². The van der Waals surface area contributed by atoms with E-state index in [1.165, 1.54) is 19.3 Å². The van der Waals surface area contributed by atoms with E-state index in [0.717, 1.165) is 18.8 Å². The van der Waals surface area contributed by atoms with Crippen LogP contribution in [0.2, 0.25) is 0 Å². The zero-order chi connectivity index (χ0) is 15.3.